The smallest absolute Gasteiger partial charge is 0.248 e. The number of methoxy groups -OCH3 is 1. The molecule has 6 heteroatoms. The van der Waals surface area contributed by atoms with E-state index in [2.05, 4.69) is 0 Å². The maximum Gasteiger partial charge on any atom is 0.248 e. The van der Waals surface area contributed by atoms with E-state index in [-0.39, 0.29) is 11.8 Å². The summed E-state index contributed by atoms with van der Waals surface area (Å²) in [4.78, 5) is 25.9. The summed E-state index contributed by atoms with van der Waals surface area (Å²) < 4.78 is 11.5. The van der Waals surface area contributed by atoms with E-state index >= 15 is 0 Å². The summed E-state index contributed by atoms with van der Waals surface area (Å²) >= 11 is 0. The molecule has 0 spiro atoms. The first kappa shape index (κ1) is 20.5. The number of hydrogen-bond acceptors (Lipinski definition) is 4. The van der Waals surface area contributed by atoms with Gasteiger partial charge in [0, 0.05) is 30.1 Å². The Morgan fingerprint density at radius 2 is 1.84 bits per heavy atom. The van der Waals surface area contributed by atoms with Gasteiger partial charge in [0.2, 0.25) is 11.8 Å². The van der Waals surface area contributed by atoms with Gasteiger partial charge in [-0.3, -0.25) is 9.59 Å². The van der Waals surface area contributed by atoms with E-state index < -0.39 is 5.91 Å². The third-order valence-corrected chi connectivity index (χ3v) is 5.46. The first-order valence-electron chi connectivity index (χ1n) is 10.1. The summed E-state index contributed by atoms with van der Waals surface area (Å²) in [6.07, 6.45) is 0.380. The number of nitrogens with two attached hydrogens (primary N) is 1. The van der Waals surface area contributed by atoms with E-state index in [9.17, 15) is 9.59 Å². The normalized spacial score (nSPS) is 15.7. The Labute approximate surface area is 181 Å². The van der Waals surface area contributed by atoms with E-state index in [1.807, 2.05) is 54.6 Å². The molecule has 158 valence electrons. The Morgan fingerprint density at radius 1 is 1.03 bits per heavy atom. The number of nitrogens with zero attached hydrogens (tertiary/aromatic N) is 1. The molecule has 2 amide bonds. The Kier molecular flexibility index (Phi) is 5.89. The van der Waals surface area contributed by atoms with Crippen LogP contribution in [0.4, 0.5) is 5.69 Å². The number of carbonyl (C=O) groups excluding carboxylic acids is 2. The lowest BCUT2D eigenvalue weighted by molar-refractivity contribution is -0.117. The molecule has 0 radical (unpaired) electrons. The third-order valence-electron chi connectivity index (χ3n) is 5.46. The van der Waals surface area contributed by atoms with Gasteiger partial charge in [0.15, 0.2) is 11.5 Å². The van der Waals surface area contributed by atoms with Gasteiger partial charge in [-0.05, 0) is 41.5 Å². The number of amides is 2. The minimum Gasteiger partial charge on any atom is -0.493 e. The van der Waals surface area contributed by atoms with Gasteiger partial charge in [-0.15, -0.1) is 0 Å². The molecular weight excluding hydrogens is 392 g/mol. The quantitative estimate of drug-likeness (QED) is 0.633. The summed E-state index contributed by atoms with van der Waals surface area (Å²) in [5, 5.41) is 0. The molecule has 0 aliphatic carbocycles. The van der Waals surface area contributed by atoms with Gasteiger partial charge < -0.3 is 20.1 Å². The van der Waals surface area contributed by atoms with Crippen molar-refractivity contribution in [2.75, 3.05) is 18.6 Å². The lowest BCUT2D eigenvalue weighted by Gasteiger charge is -2.18. The monoisotopic (exact) mass is 416 g/mol. The van der Waals surface area contributed by atoms with Crippen LogP contribution in [0.15, 0.2) is 72.8 Å². The van der Waals surface area contributed by atoms with Gasteiger partial charge in [-0.25, -0.2) is 0 Å². The van der Waals surface area contributed by atoms with Crippen LogP contribution in [-0.2, 0) is 11.4 Å². The second-order valence-corrected chi connectivity index (χ2v) is 7.50. The second-order valence-electron chi connectivity index (χ2n) is 7.50. The molecule has 1 heterocycles. The van der Waals surface area contributed by atoms with E-state index in [1.165, 1.54) is 0 Å². The van der Waals surface area contributed by atoms with E-state index in [0.29, 0.717) is 42.3 Å². The van der Waals surface area contributed by atoms with Crippen LogP contribution in [0.5, 0.6) is 11.5 Å². The fraction of sp³-hybridized carbons (Fsp3) is 0.200. The highest BCUT2D eigenvalue weighted by molar-refractivity contribution is 5.99. The minimum atomic E-state index is -0.514. The fourth-order valence-corrected chi connectivity index (χ4v) is 3.80. The van der Waals surface area contributed by atoms with Crippen molar-refractivity contribution in [2.24, 2.45) is 5.73 Å². The highest BCUT2D eigenvalue weighted by atomic mass is 16.5. The Hall–Kier alpha value is -3.80. The van der Waals surface area contributed by atoms with Crippen LogP contribution < -0.4 is 20.1 Å². The highest BCUT2D eigenvalue weighted by Gasteiger charge is 2.32. The van der Waals surface area contributed by atoms with Crippen molar-refractivity contribution in [1.82, 2.24) is 0 Å². The van der Waals surface area contributed by atoms with Crippen molar-refractivity contribution in [3.05, 3.63) is 89.5 Å². The molecule has 6 nitrogen and oxygen atoms in total. The van der Waals surface area contributed by atoms with Crippen molar-refractivity contribution >= 4 is 17.5 Å². The molecule has 1 saturated heterocycles. The number of rotatable bonds is 7. The molecule has 4 rings (SSSR count). The zero-order chi connectivity index (χ0) is 21.8. The molecule has 0 saturated carbocycles. The molecule has 3 aromatic carbocycles. The topological polar surface area (TPSA) is 81.9 Å². The number of primary amides is 1. The highest BCUT2D eigenvalue weighted by Crippen LogP contribution is 2.37. The molecule has 0 aromatic heterocycles. The number of carbonyl (C=O) groups is 2. The van der Waals surface area contributed by atoms with Crippen molar-refractivity contribution < 1.29 is 19.1 Å². The zero-order valence-electron chi connectivity index (χ0n) is 17.3. The number of hydrogen-bond donors (Lipinski definition) is 1. The Bertz CT molecular complexity index is 1100. The summed E-state index contributed by atoms with van der Waals surface area (Å²) in [6.45, 7) is 0.946. The fourth-order valence-electron chi connectivity index (χ4n) is 3.80. The van der Waals surface area contributed by atoms with Crippen molar-refractivity contribution in [3.63, 3.8) is 0 Å². The van der Waals surface area contributed by atoms with Crippen LogP contribution in [0.3, 0.4) is 0 Å². The van der Waals surface area contributed by atoms with E-state index in [4.69, 9.17) is 15.2 Å². The molecule has 1 atom stereocenters. The predicted octanol–water partition coefficient (Wildman–Crippen LogP) is 3.89. The van der Waals surface area contributed by atoms with Crippen LogP contribution >= 0.6 is 0 Å². The standard InChI is InChI=1S/C25H24N2O4/c1-30-22-11-10-18(13-23(22)31-16-17-6-3-2-4-7-17)20-14-24(28)27(15-20)21-9-5-8-19(12-21)25(26)29/h2-13,20H,14-16H2,1H3,(H2,26,29). The van der Waals surface area contributed by atoms with Gasteiger partial charge in [0.1, 0.15) is 6.61 Å². The summed E-state index contributed by atoms with van der Waals surface area (Å²) in [6, 6.07) is 22.6. The molecule has 2 N–H and O–H groups in total. The molecule has 31 heavy (non-hydrogen) atoms. The van der Waals surface area contributed by atoms with Gasteiger partial charge >= 0.3 is 0 Å². The third kappa shape index (κ3) is 4.53. The minimum absolute atomic E-state index is 0.00851. The lowest BCUT2D eigenvalue weighted by Crippen LogP contribution is -2.24. The Balaban J connectivity index is 1.53. The van der Waals surface area contributed by atoms with Gasteiger partial charge in [0.25, 0.3) is 0 Å². The van der Waals surface area contributed by atoms with Crippen molar-refractivity contribution in [2.45, 2.75) is 18.9 Å². The van der Waals surface area contributed by atoms with Crippen LogP contribution in [0.1, 0.15) is 33.8 Å². The van der Waals surface area contributed by atoms with Crippen molar-refractivity contribution in [1.29, 1.82) is 0 Å². The second kappa shape index (κ2) is 8.92. The van der Waals surface area contributed by atoms with Crippen LogP contribution in [0.2, 0.25) is 0 Å². The first-order chi connectivity index (χ1) is 15.0. The maximum absolute atomic E-state index is 12.7. The Morgan fingerprint density at radius 3 is 2.58 bits per heavy atom. The van der Waals surface area contributed by atoms with E-state index in [0.717, 1.165) is 11.1 Å². The van der Waals surface area contributed by atoms with Gasteiger partial charge in [-0.1, -0.05) is 42.5 Å². The average Bonchev–Trinajstić information content (AvgIpc) is 3.20. The molecular formula is C25H24N2O4. The zero-order valence-corrected chi connectivity index (χ0v) is 17.3. The number of anilines is 1. The van der Waals surface area contributed by atoms with Crippen LogP contribution in [-0.4, -0.2) is 25.5 Å². The summed E-state index contributed by atoms with van der Waals surface area (Å²) in [5.41, 5.74) is 8.51. The lowest BCUT2D eigenvalue weighted by atomic mass is 9.98. The molecule has 1 aliphatic heterocycles. The molecule has 1 fully saturated rings. The number of ether oxygens (including phenoxy) is 2. The van der Waals surface area contributed by atoms with Gasteiger partial charge in [-0.2, -0.15) is 0 Å². The average molecular weight is 416 g/mol. The predicted molar refractivity (Wildman–Crippen MR) is 118 cm³/mol. The molecule has 1 aliphatic rings. The van der Waals surface area contributed by atoms with Crippen molar-refractivity contribution in [3.8, 4) is 11.5 Å². The number of benzene rings is 3. The molecule has 1 unspecified atom stereocenters. The van der Waals surface area contributed by atoms with Crippen LogP contribution in [0.25, 0.3) is 0 Å². The molecule has 0 bridgehead atoms. The largest absolute Gasteiger partial charge is 0.493 e. The molecule has 3 aromatic rings. The SMILES string of the molecule is COc1ccc(C2CC(=O)N(c3cccc(C(N)=O)c3)C2)cc1OCc1ccccc1. The van der Waals surface area contributed by atoms with Gasteiger partial charge in [0.05, 0.1) is 7.11 Å². The first-order valence-corrected chi connectivity index (χ1v) is 10.1. The van der Waals surface area contributed by atoms with Crippen LogP contribution in [0, 0.1) is 0 Å². The maximum atomic E-state index is 12.7. The summed E-state index contributed by atoms with van der Waals surface area (Å²) in [7, 11) is 1.61. The van der Waals surface area contributed by atoms with E-state index in [1.54, 1.807) is 30.2 Å². The summed E-state index contributed by atoms with van der Waals surface area (Å²) in [5.74, 6) is 0.796.